The summed E-state index contributed by atoms with van der Waals surface area (Å²) in [7, 11) is 0. The van der Waals surface area contributed by atoms with Crippen molar-refractivity contribution in [1.82, 2.24) is 10.3 Å². The summed E-state index contributed by atoms with van der Waals surface area (Å²) in [6, 6.07) is 0. The summed E-state index contributed by atoms with van der Waals surface area (Å²) in [6.07, 6.45) is 4.21. The Kier molecular flexibility index (Phi) is 5.42. The maximum atomic E-state index is 11.6. The molecule has 0 aliphatic rings. The van der Waals surface area contributed by atoms with Crippen LogP contribution in [0.25, 0.3) is 0 Å². The monoisotopic (exact) mass is 242 g/mol. The molecule has 0 aliphatic heterocycles. The van der Waals surface area contributed by atoms with E-state index >= 15 is 0 Å². The van der Waals surface area contributed by atoms with Crippen molar-refractivity contribution < 1.29 is 4.79 Å². The molecule has 0 spiro atoms. The highest BCUT2D eigenvalue weighted by molar-refractivity contribution is 8.01. The molecule has 0 aromatic carbocycles. The first-order valence-corrected chi connectivity index (χ1v) is 6.55. The van der Waals surface area contributed by atoms with Gasteiger partial charge in [-0.25, -0.2) is 4.98 Å². The van der Waals surface area contributed by atoms with Gasteiger partial charge >= 0.3 is 0 Å². The lowest BCUT2D eigenvalue weighted by atomic mass is 10.4. The molecule has 0 bridgehead atoms. The lowest BCUT2D eigenvalue weighted by molar-refractivity contribution is 0.0958. The fourth-order valence-electron chi connectivity index (χ4n) is 0.928. The molecule has 1 aromatic rings. The molecule has 5 heteroatoms. The van der Waals surface area contributed by atoms with E-state index in [2.05, 4.69) is 23.8 Å². The van der Waals surface area contributed by atoms with Gasteiger partial charge < -0.3 is 5.32 Å². The van der Waals surface area contributed by atoms with Crippen LogP contribution in [0.5, 0.6) is 0 Å². The number of aromatic nitrogens is 1. The number of carbonyl (C=O) groups excluding carboxylic acids is 1. The highest BCUT2D eigenvalue weighted by Gasteiger charge is 2.09. The average Bonchev–Trinajstić information content (AvgIpc) is 2.67. The highest BCUT2D eigenvalue weighted by Crippen LogP contribution is 2.23. The third-order valence-corrected chi connectivity index (χ3v) is 3.65. The van der Waals surface area contributed by atoms with E-state index in [1.165, 1.54) is 11.3 Å². The van der Waals surface area contributed by atoms with Gasteiger partial charge in [0.05, 0.1) is 6.20 Å². The molecule has 82 valence electrons. The summed E-state index contributed by atoms with van der Waals surface area (Å²) in [5, 5.41) is 2.81. The molecular formula is C10H14N2OS2. The van der Waals surface area contributed by atoms with Crippen molar-refractivity contribution >= 4 is 29.0 Å². The van der Waals surface area contributed by atoms with Crippen LogP contribution in [0, 0.1) is 0 Å². The van der Waals surface area contributed by atoms with E-state index in [4.69, 9.17) is 0 Å². The Morgan fingerprint density at radius 1 is 1.80 bits per heavy atom. The molecule has 0 atom stereocenters. The number of thiazole rings is 1. The van der Waals surface area contributed by atoms with Crippen LogP contribution in [-0.4, -0.2) is 23.2 Å². The Bertz CT molecular complexity index is 336. The van der Waals surface area contributed by atoms with Crippen molar-refractivity contribution in [1.29, 1.82) is 0 Å². The largest absolute Gasteiger partial charge is 0.351 e. The molecule has 1 N–H and O–H groups in total. The van der Waals surface area contributed by atoms with Gasteiger partial charge in [0.25, 0.3) is 5.91 Å². The van der Waals surface area contributed by atoms with Crippen LogP contribution in [-0.2, 0) is 0 Å². The minimum absolute atomic E-state index is 0.0442. The zero-order valence-electron chi connectivity index (χ0n) is 8.66. The number of nitrogens with zero attached hydrogens (tertiary/aromatic N) is 1. The topological polar surface area (TPSA) is 42.0 Å². The van der Waals surface area contributed by atoms with Crippen molar-refractivity contribution in [2.45, 2.75) is 17.7 Å². The van der Waals surface area contributed by atoms with Crippen LogP contribution < -0.4 is 5.32 Å². The molecule has 0 unspecified atom stereocenters. The molecule has 1 rings (SSSR count). The van der Waals surface area contributed by atoms with Crippen LogP contribution in [0.2, 0.25) is 0 Å². The van der Waals surface area contributed by atoms with Crippen LogP contribution in [0.15, 0.2) is 23.2 Å². The first-order chi connectivity index (χ1) is 7.27. The highest BCUT2D eigenvalue weighted by atomic mass is 32.2. The second-order valence-electron chi connectivity index (χ2n) is 2.76. The number of hydrogen-bond donors (Lipinski definition) is 1. The summed E-state index contributed by atoms with van der Waals surface area (Å²) >= 11 is 3.09. The zero-order valence-corrected chi connectivity index (χ0v) is 10.3. The van der Waals surface area contributed by atoms with Gasteiger partial charge in [0.2, 0.25) is 0 Å². The quantitative estimate of drug-likeness (QED) is 0.473. The van der Waals surface area contributed by atoms with Crippen molar-refractivity contribution in [3.05, 3.63) is 23.7 Å². The molecule has 3 nitrogen and oxygen atoms in total. The van der Waals surface area contributed by atoms with Gasteiger partial charge in [-0.2, -0.15) is 0 Å². The molecule has 0 saturated heterocycles. The molecule has 0 aliphatic carbocycles. The number of thioether (sulfide) groups is 1. The summed E-state index contributed by atoms with van der Waals surface area (Å²) in [4.78, 5) is 16.4. The summed E-state index contributed by atoms with van der Waals surface area (Å²) in [5.41, 5.74) is 0. The summed E-state index contributed by atoms with van der Waals surface area (Å²) < 4.78 is 0.950. The first-order valence-electron chi connectivity index (χ1n) is 4.75. The Balaban J connectivity index is 2.46. The fraction of sp³-hybridized carbons (Fsp3) is 0.400. The number of hydrogen-bond acceptors (Lipinski definition) is 4. The van der Waals surface area contributed by atoms with Gasteiger partial charge in [-0.3, -0.25) is 4.79 Å². The van der Waals surface area contributed by atoms with Crippen LogP contribution in [0.1, 0.15) is 23.0 Å². The van der Waals surface area contributed by atoms with E-state index in [0.29, 0.717) is 11.4 Å². The predicted molar refractivity (Wildman–Crippen MR) is 65.7 cm³/mol. The fourth-order valence-corrected chi connectivity index (χ4v) is 2.72. The first kappa shape index (κ1) is 12.3. The maximum Gasteiger partial charge on any atom is 0.263 e. The third kappa shape index (κ3) is 4.05. The minimum atomic E-state index is -0.0442. The number of carbonyl (C=O) groups is 1. The second-order valence-corrected chi connectivity index (χ2v) is 5.30. The van der Waals surface area contributed by atoms with E-state index in [0.717, 1.165) is 16.5 Å². The van der Waals surface area contributed by atoms with E-state index in [9.17, 15) is 4.79 Å². The molecule has 15 heavy (non-hydrogen) atoms. The standard InChI is InChI=1S/C10H14N2OS2/c1-3-5-6-11-9(13)8-7-12-10(15-8)14-4-2/h3,7H,1,4-6H2,2H3,(H,11,13). The third-order valence-electron chi connectivity index (χ3n) is 1.61. The van der Waals surface area contributed by atoms with Crippen molar-refractivity contribution in [3.8, 4) is 0 Å². The second kappa shape index (κ2) is 6.63. The van der Waals surface area contributed by atoms with E-state index in [1.807, 2.05) is 0 Å². The van der Waals surface area contributed by atoms with Gasteiger partial charge in [-0.05, 0) is 12.2 Å². The molecular weight excluding hydrogens is 228 g/mol. The van der Waals surface area contributed by atoms with E-state index < -0.39 is 0 Å². The van der Waals surface area contributed by atoms with Gasteiger partial charge in [0.15, 0.2) is 4.34 Å². The lowest BCUT2D eigenvalue weighted by Crippen LogP contribution is -2.23. The molecule has 0 saturated carbocycles. The van der Waals surface area contributed by atoms with Crippen molar-refractivity contribution in [3.63, 3.8) is 0 Å². The summed E-state index contributed by atoms with van der Waals surface area (Å²) in [5.74, 6) is 0.933. The normalized spacial score (nSPS) is 9.93. The molecule has 1 aromatic heterocycles. The van der Waals surface area contributed by atoms with Gasteiger partial charge in [-0.15, -0.1) is 17.9 Å². The van der Waals surface area contributed by atoms with Crippen LogP contribution in [0.4, 0.5) is 0 Å². The van der Waals surface area contributed by atoms with Gasteiger partial charge in [-0.1, -0.05) is 24.8 Å². The number of amides is 1. The lowest BCUT2D eigenvalue weighted by Gasteiger charge is -1.99. The Morgan fingerprint density at radius 3 is 3.27 bits per heavy atom. The SMILES string of the molecule is C=CCCNC(=O)c1cnc(SCC)s1. The average molecular weight is 242 g/mol. The maximum absolute atomic E-state index is 11.6. The molecule has 0 fully saturated rings. The van der Waals surface area contributed by atoms with Crippen LogP contribution >= 0.6 is 23.1 Å². The van der Waals surface area contributed by atoms with Crippen LogP contribution in [0.3, 0.4) is 0 Å². The smallest absolute Gasteiger partial charge is 0.263 e. The Morgan fingerprint density at radius 2 is 2.60 bits per heavy atom. The van der Waals surface area contributed by atoms with E-state index in [1.54, 1.807) is 24.0 Å². The number of rotatable bonds is 6. The zero-order chi connectivity index (χ0) is 11.1. The molecule has 1 heterocycles. The Hall–Kier alpha value is -0.810. The minimum Gasteiger partial charge on any atom is -0.351 e. The van der Waals surface area contributed by atoms with Crippen molar-refractivity contribution in [2.75, 3.05) is 12.3 Å². The van der Waals surface area contributed by atoms with E-state index in [-0.39, 0.29) is 5.91 Å². The summed E-state index contributed by atoms with van der Waals surface area (Å²) in [6.45, 7) is 6.30. The van der Waals surface area contributed by atoms with Gasteiger partial charge in [0, 0.05) is 6.54 Å². The number of nitrogens with one attached hydrogen (secondary N) is 1. The van der Waals surface area contributed by atoms with Gasteiger partial charge in [0.1, 0.15) is 4.88 Å². The Labute approximate surface area is 98.0 Å². The molecule has 1 amide bonds. The predicted octanol–water partition coefficient (Wildman–Crippen LogP) is 2.56. The van der Waals surface area contributed by atoms with Crippen molar-refractivity contribution in [2.24, 2.45) is 0 Å². The molecule has 0 radical (unpaired) electrons.